The monoisotopic (exact) mass is 499 g/mol. The van der Waals surface area contributed by atoms with E-state index in [4.69, 9.17) is 18.9 Å². The number of carbonyl (C=O) groups is 1. The Morgan fingerprint density at radius 1 is 0.722 bits per heavy atom. The summed E-state index contributed by atoms with van der Waals surface area (Å²) in [6.07, 6.45) is 2.00. The van der Waals surface area contributed by atoms with Gasteiger partial charge in [0.1, 0.15) is 5.92 Å². The summed E-state index contributed by atoms with van der Waals surface area (Å²) >= 11 is 0. The Hall–Kier alpha value is -1.60. The van der Waals surface area contributed by atoms with E-state index in [1.54, 1.807) is 6.21 Å². The first-order valence-electron chi connectivity index (χ1n) is 13.1. The van der Waals surface area contributed by atoms with Crippen molar-refractivity contribution in [1.29, 1.82) is 0 Å². The van der Waals surface area contributed by atoms with E-state index in [0.29, 0.717) is 6.42 Å². The first kappa shape index (κ1) is 27.4. The van der Waals surface area contributed by atoms with Crippen molar-refractivity contribution in [3.63, 3.8) is 0 Å². The lowest BCUT2D eigenvalue weighted by Gasteiger charge is -2.78. The standard InChI is InChI=1S/C30H45NO5/c1-23(2,3)27-19-28(24(4,5)6)35-29(33-27,25(7,8)9)21(30(34-27,36-28)26(10,11)12)22(32)31-18-20-16-14-13-15-17-20/h13-18,21H,19H2,1-12H3. The van der Waals surface area contributed by atoms with Gasteiger partial charge >= 0.3 is 0 Å². The topological polar surface area (TPSA) is 66.4 Å². The fourth-order valence-corrected chi connectivity index (χ4v) is 5.70. The van der Waals surface area contributed by atoms with Crippen LogP contribution in [0.1, 0.15) is 95.1 Å². The summed E-state index contributed by atoms with van der Waals surface area (Å²) in [5, 5.41) is 0. The van der Waals surface area contributed by atoms with Crippen LogP contribution in [0.3, 0.4) is 0 Å². The molecule has 0 aromatic heterocycles. The van der Waals surface area contributed by atoms with Gasteiger partial charge in [-0.15, -0.1) is 0 Å². The SMILES string of the molecule is CC(C)(C)C12CC3(C(C)(C)C)OC(C(C)(C)C)(O1)C(C(=O)N=Cc1ccccc1)C(C(C)(C)C)(O2)O3. The predicted molar refractivity (Wildman–Crippen MR) is 140 cm³/mol. The Balaban J connectivity index is 2.01. The molecule has 0 radical (unpaired) electrons. The van der Waals surface area contributed by atoms with Gasteiger partial charge in [-0.05, 0) is 5.56 Å². The fraction of sp³-hybridized carbons (Fsp3) is 0.733. The van der Waals surface area contributed by atoms with Gasteiger partial charge in [-0.2, -0.15) is 0 Å². The molecule has 1 aromatic rings. The number of carbonyl (C=O) groups excluding carboxylic acids is 1. The molecule has 6 nitrogen and oxygen atoms in total. The van der Waals surface area contributed by atoms with Crippen molar-refractivity contribution >= 4 is 12.1 Å². The van der Waals surface area contributed by atoms with Gasteiger partial charge in [0.25, 0.3) is 5.91 Å². The van der Waals surface area contributed by atoms with E-state index < -0.39 is 50.7 Å². The number of hydrogen-bond donors (Lipinski definition) is 0. The zero-order valence-corrected chi connectivity index (χ0v) is 24.2. The van der Waals surface area contributed by atoms with E-state index in [1.807, 2.05) is 30.3 Å². The summed E-state index contributed by atoms with van der Waals surface area (Å²) in [7, 11) is 0. The molecule has 4 aliphatic rings. The van der Waals surface area contributed by atoms with Gasteiger partial charge < -0.3 is 18.9 Å². The summed E-state index contributed by atoms with van der Waals surface area (Å²) in [5.74, 6) is -6.05. The summed E-state index contributed by atoms with van der Waals surface area (Å²) in [4.78, 5) is 18.6. The quantitative estimate of drug-likeness (QED) is 0.423. The molecular weight excluding hydrogens is 454 g/mol. The summed E-state index contributed by atoms with van der Waals surface area (Å²) in [6, 6.07) is 9.59. The first-order valence-corrected chi connectivity index (χ1v) is 13.1. The van der Waals surface area contributed by atoms with Crippen LogP contribution >= 0.6 is 0 Å². The number of nitrogens with zero attached hydrogens (tertiary/aromatic N) is 1. The van der Waals surface area contributed by atoms with Crippen molar-refractivity contribution in [2.24, 2.45) is 32.6 Å². The van der Waals surface area contributed by atoms with Gasteiger partial charge in [0.2, 0.25) is 0 Å². The van der Waals surface area contributed by atoms with Crippen LogP contribution in [-0.2, 0) is 23.7 Å². The molecule has 4 bridgehead atoms. The Morgan fingerprint density at radius 2 is 1.11 bits per heavy atom. The maximum Gasteiger partial charge on any atom is 0.259 e. The van der Waals surface area contributed by atoms with E-state index in [-0.39, 0.29) is 5.91 Å². The molecular formula is C30H45NO5. The summed E-state index contributed by atoms with van der Waals surface area (Å²) in [6.45, 7) is 25.1. The van der Waals surface area contributed by atoms with E-state index in [0.717, 1.165) is 5.56 Å². The van der Waals surface area contributed by atoms with Crippen LogP contribution in [0.4, 0.5) is 0 Å². The third-order valence-electron chi connectivity index (χ3n) is 8.26. The molecule has 0 spiro atoms. The van der Waals surface area contributed by atoms with Gasteiger partial charge in [-0.25, -0.2) is 4.99 Å². The van der Waals surface area contributed by atoms with E-state index in [9.17, 15) is 4.79 Å². The number of rotatable bonds is 2. The molecule has 0 aliphatic carbocycles. The lowest BCUT2D eigenvalue weighted by molar-refractivity contribution is -0.669. The van der Waals surface area contributed by atoms with E-state index in [2.05, 4.69) is 88.1 Å². The highest BCUT2D eigenvalue weighted by Crippen LogP contribution is 2.73. The van der Waals surface area contributed by atoms with E-state index >= 15 is 0 Å². The highest BCUT2D eigenvalue weighted by Gasteiger charge is 2.86. The van der Waals surface area contributed by atoms with Crippen molar-refractivity contribution in [3.8, 4) is 0 Å². The Bertz CT molecular complexity index is 980. The Morgan fingerprint density at radius 3 is 1.44 bits per heavy atom. The van der Waals surface area contributed by atoms with Crippen molar-refractivity contribution in [2.75, 3.05) is 0 Å². The molecule has 6 heteroatoms. The van der Waals surface area contributed by atoms with Crippen LogP contribution in [0.25, 0.3) is 0 Å². The molecule has 1 aromatic carbocycles. The molecule has 5 rings (SSSR count). The highest BCUT2D eigenvalue weighted by atomic mass is 16.9. The summed E-state index contributed by atoms with van der Waals surface area (Å²) < 4.78 is 28.1. The fourth-order valence-electron chi connectivity index (χ4n) is 5.70. The van der Waals surface area contributed by atoms with E-state index in [1.165, 1.54) is 0 Å². The van der Waals surface area contributed by atoms with Crippen molar-refractivity contribution < 1.29 is 23.7 Å². The van der Waals surface area contributed by atoms with Crippen LogP contribution in [0, 0.1) is 27.6 Å². The van der Waals surface area contributed by atoms with Crippen molar-refractivity contribution in [2.45, 2.75) is 113 Å². The molecule has 4 aliphatic heterocycles. The smallest absolute Gasteiger partial charge is 0.259 e. The average molecular weight is 500 g/mol. The maximum atomic E-state index is 14.2. The molecule has 200 valence electrons. The lowest BCUT2D eigenvalue weighted by atomic mass is 9.59. The van der Waals surface area contributed by atoms with Gasteiger partial charge in [-0.3, -0.25) is 4.79 Å². The second kappa shape index (κ2) is 7.72. The minimum Gasteiger partial charge on any atom is -0.316 e. The number of ether oxygens (including phenoxy) is 4. The number of amides is 1. The highest BCUT2D eigenvalue weighted by molar-refractivity contribution is 5.94. The normalized spacial score (nSPS) is 37.1. The van der Waals surface area contributed by atoms with Crippen LogP contribution in [0.15, 0.2) is 35.3 Å². The molecule has 36 heavy (non-hydrogen) atoms. The Kier molecular flexibility index (Phi) is 5.88. The first-order chi connectivity index (χ1) is 16.2. The van der Waals surface area contributed by atoms with Crippen molar-refractivity contribution in [1.82, 2.24) is 0 Å². The zero-order chi connectivity index (χ0) is 27.2. The molecule has 0 unspecified atom stereocenters. The number of hydrogen-bond acceptors (Lipinski definition) is 5. The second-order valence-corrected chi connectivity index (χ2v) is 14.9. The molecule has 0 N–H and O–H groups in total. The van der Waals surface area contributed by atoms with Crippen LogP contribution < -0.4 is 0 Å². The molecule has 4 heterocycles. The summed E-state index contributed by atoms with van der Waals surface area (Å²) in [5.41, 5.74) is -1.22. The van der Waals surface area contributed by atoms with Gasteiger partial charge in [-0.1, -0.05) is 113 Å². The minimum atomic E-state index is -1.33. The lowest BCUT2D eigenvalue weighted by Crippen LogP contribution is -2.89. The number of aliphatic imine (C=N–C) groups is 1. The van der Waals surface area contributed by atoms with Crippen LogP contribution in [0.2, 0.25) is 0 Å². The van der Waals surface area contributed by atoms with Gasteiger partial charge in [0.15, 0.2) is 23.1 Å². The third-order valence-corrected chi connectivity index (χ3v) is 8.26. The number of benzene rings is 1. The maximum absolute atomic E-state index is 14.2. The van der Waals surface area contributed by atoms with Crippen LogP contribution in [-0.4, -0.2) is 35.3 Å². The zero-order valence-electron chi connectivity index (χ0n) is 24.2. The average Bonchev–Trinajstić information content (AvgIpc) is 2.69. The molecule has 4 fully saturated rings. The minimum absolute atomic E-state index is 0.379. The molecule has 0 atom stereocenters. The Labute approximate surface area is 217 Å². The van der Waals surface area contributed by atoms with Crippen molar-refractivity contribution in [3.05, 3.63) is 35.9 Å². The molecule has 1 amide bonds. The second-order valence-electron chi connectivity index (χ2n) is 14.9. The largest absolute Gasteiger partial charge is 0.316 e. The van der Waals surface area contributed by atoms with Crippen LogP contribution in [0.5, 0.6) is 0 Å². The third kappa shape index (κ3) is 3.66. The molecule has 4 saturated heterocycles. The molecule has 0 saturated carbocycles. The predicted octanol–water partition coefficient (Wildman–Crippen LogP) is 6.72. The van der Waals surface area contributed by atoms with Gasteiger partial charge in [0, 0.05) is 27.9 Å². The van der Waals surface area contributed by atoms with Gasteiger partial charge in [0.05, 0.1) is 6.42 Å².